The lowest BCUT2D eigenvalue weighted by Crippen LogP contribution is -2.27. The minimum absolute atomic E-state index is 0.152. The highest BCUT2D eigenvalue weighted by Gasteiger charge is 2.21. The standard InChI is InChI=1S/C12H15N3O2S2/c1-9(10-4-6-18-8-10)15-19(16,17)12-7-14-5-3-11(12)13-2/h3-9,15H,1-2H3,(H,13,14). The van der Waals surface area contributed by atoms with Crippen LogP contribution in [0.1, 0.15) is 18.5 Å². The third-order valence-corrected chi connectivity index (χ3v) is 4.99. The second-order valence-corrected chi connectivity index (χ2v) is 6.48. The number of pyridine rings is 1. The lowest BCUT2D eigenvalue weighted by atomic mass is 10.2. The zero-order valence-electron chi connectivity index (χ0n) is 10.6. The number of hydrogen-bond acceptors (Lipinski definition) is 5. The number of anilines is 1. The van der Waals surface area contributed by atoms with Gasteiger partial charge in [-0.2, -0.15) is 11.3 Å². The zero-order chi connectivity index (χ0) is 13.9. The minimum Gasteiger partial charge on any atom is -0.387 e. The molecule has 0 radical (unpaired) electrons. The highest BCUT2D eigenvalue weighted by atomic mass is 32.2. The maximum Gasteiger partial charge on any atom is 0.244 e. The molecule has 0 aliphatic heterocycles. The average molecular weight is 297 g/mol. The van der Waals surface area contributed by atoms with Crippen LogP contribution in [-0.2, 0) is 10.0 Å². The largest absolute Gasteiger partial charge is 0.387 e. The van der Waals surface area contributed by atoms with Crippen LogP contribution in [0, 0.1) is 0 Å². The highest BCUT2D eigenvalue weighted by molar-refractivity contribution is 7.89. The van der Waals surface area contributed by atoms with Crippen molar-refractivity contribution >= 4 is 27.0 Å². The smallest absolute Gasteiger partial charge is 0.244 e. The van der Waals surface area contributed by atoms with E-state index in [1.54, 1.807) is 19.3 Å². The van der Waals surface area contributed by atoms with Crippen LogP contribution in [0.4, 0.5) is 5.69 Å². The zero-order valence-corrected chi connectivity index (χ0v) is 12.3. The summed E-state index contributed by atoms with van der Waals surface area (Å²) < 4.78 is 27.3. The van der Waals surface area contributed by atoms with E-state index in [0.29, 0.717) is 5.69 Å². The first-order valence-corrected chi connectivity index (χ1v) is 8.13. The van der Waals surface area contributed by atoms with Gasteiger partial charge >= 0.3 is 0 Å². The fourth-order valence-electron chi connectivity index (χ4n) is 1.69. The van der Waals surface area contributed by atoms with Crippen LogP contribution < -0.4 is 10.0 Å². The van der Waals surface area contributed by atoms with Gasteiger partial charge in [0, 0.05) is 25.5 Å². The van der Waals surface area contributed by atoms with Gasteiger partial charge in [-0.3, -0.25) is 4.98 Å². The van der Waals surface area contributed by atoms with E-state index in [1.165, 1.54) is 17.5 Å². The first kappa shape index (κ1) is 14.0. The van der Waals surface area contributed by atoms with Gasteiger partial charge < -0.3 is 5.32 Å². The number of aromatic nitrogens is 1. The molecule has 19 heavy (non-hydrogen) atoms. The van der Waals surface area contributed by atoms with Crippen LogP contribution in [0.25, 0.3) is 0 Å². The number of thiophene rings is 1. The van der Waals surface area contributed by atoms with Crippen molar-refractivity contribution in [1.29, 1.82) is 0 Å². The molecule has 0 fully saturated rings. The summed E-state index contributed by atoms with van der Waals surface area (Å²) in [7, 11) is -1.92. The van der Waals surface area contributed by atoms with Crippen molar-refractivity contribution in [3.63, 3.8) is 0 Å². The summed E-state index contributed by atoms with van der Waals surface area (Å²) in [5.74, 6) is 0. The van der Waals surface area contributed by atoms with Gasteiger partial charge in [0.05, 0.1) is 5.69 Å². The van der Waals surface area contributed by atoms with Crippen LogP contribution in [0.15, 0.2) is 40.2 Å². The van der Waals surface area contributed by atoms with E-state index in [1.807, 2.05) is 23.8 Å². The predicted octanol–water partition coefficient (Wildman–Crippen LogP) is 2.22. The Kier molecular flexibility index (Phi) is 4.18. The molecule has 0 bridgehead atoms. The Labute approximate surface area is 116 Å². The van der Waals surface area contributed by atoms with Crippen LogP contribution in [0.3, 0.4) is 0 Å². The second kappa shape index (κ2) is 5.68. The van der Waals surface area contributed by atoms with Crippen molar-refractivity contribution in [3.8, 4) is 0 Å². The van der Waals surface area contributed by atoms with Crippen molar-refractivity contribution in [3.05, 3.63) is 40.8 Å². The number of nitrogens with zero attached hydrogens (tertiary/aromatic N) is 1. The summed E-state index contributed by atoms with van der Waals surface area (Å²) >= 11 is 1.54. The molecule has 7 heteroatoms. The van der Waals surface area contributed by atoms with Crippen LogP contribution in [0.2, 0.25) is 0 Å². The summed E-state index contributed by atoms with van der Waals surface area (Å²) in [6, 6.07) is 3.25. The van der Waals surface area contributed by atoms with Gasteiger partial charge in [0.1, 0.15) is 4.90 Å². The molecule has 2 heterocycles. The van der Waals surface area contributed by atoms with E-state index in [0.717, 1.165) is 5.56 Å². The molecule has 0 spiro atoms. The molecule has 0 amide bonds. The van der Waals surface area contributed by atoms with Gasteiger partial charge in [-0.25, -0.2) is 13.1 Å². The predicted molar refractivity (Wildman–Crippen MR) is 76.8 cm³/mol. The van der Waals surface area contributed by atoms with Crippen LogP contribution in [0.5, 0.6) is 0 Å². The molecule has 2 aromatic rings. The maximum absolute atomic E-state index is 12.3. The fourth-order valence-corrected chi connectivity index (χ4v) is 3.83. The summed E-state index contributed by atoms with van der Waals surface area (Å²) in [5, 5.41) is 6.70. The lowest BCUT2D eigenvalue weighted by molar-refractivity contribution is 0.567. The summed E-state index contributed by atoms with van der Waals surface area (Å²) in [4.78, 5) is 4.02. The SMILES string of the molecule is CNc1ccncc1S(=O)(=O)NC(C)c1ccsc1. The summed E-state index contributed by atoms with van der Waals surface area (Å²) in [6.45, 7) is 1.81. The second-order valence-electron chi connectivity index (χ2n) is 4.02. The third kappa shape index (κ3) is 3.12. The van der Waals surface area contributed by atoms with E-state index in [2.05, 4.69) is 15.0 Å². The molecule has 0 aliphatic carbocycles. The number of nitrogens with one attached hydrogen (secondary N) is 2. The minimum atomic E-state index is -3.60. The quantitative estimate of drug-likeness (QED) is 0.888. The fraction of sp³-hybridized carbons (Fsp3) is 0.250. The molecule has 0 saturated carbocycles. The summed E-state index contributed by atoms with van der Waals surface area (Å²) in [5.41, 5.74) is 1.48. The topological polar surface area (TPSA) is 71.1 Å². The number of sulfonamides is 1. The van der Waals surface area contributed by atoms with Crippen molar-refractivity contribution in [2.75, 3.05) is 12.4 Å². The molecule has 5 nitrogen and oxygen atoms in total. The van der Waals surface area contributed by atoms with E-state index < -0.39 is 10.0 Å². The van der Waals surface area contributed by atoms with Crippen LogP contribution in [-0.4, -0.2) is 20.4 Å². The first-order chi connectivity index (χ1) is 9.04. The molecule has 0 saturated heterocycles. The Bertz CT molecular complexity index is 639. The van der Waals surface area contributed by atoms with E-state index in [-0.39, 0.29) is 10.9 Å². The molecule has 0 aliphatic rings. The van der Waals surface area contributed by atoms with E-state index in [9.17, 15) is 8.42 Å². The molecule has 2 N–H and O–H groups in total. The molecule has 2 rings (SSSR count). The van der Waals surface area contributed by atoms with Gasteiger partial charge in [-0.15, -0.1) is 0 Å². The van der Waals surface area contributed by atoms with Gasteiger partial charge in [0.25, 0.3) is 0 Å². The first-order valence-electron chi connectivity index (χ1n) is 5.71. The molecule has 1 unspecified atom stereocenters. The molecule has 2 aromatic heterocycles. The molecule has 102 valence electrons. The van der Waals surface area contributed by atoms with Gasteiger partial charge in [-0.1, -0.05) is 0 Å². The van der Waals surface area contributed by atoms with Crippen molar-refractivity contribution < 1.29 is 8.42 Å². The Morgan fingerprint density at radius 1 is 1.37 bits per heavy atom. The van der Waals surface area contributed by atoms with E-state index in [4.69, 9.17) is 0 Å². The highest BCUT2D eigenvalue weighted by Crippen LogP contribution is 2.22. The Morgan fingerprint density at radius 2 is 2.16 bits per heavy atom. The molecular weight excluding hydrogens is 282 g/mol. The number of hydrogen-bond donors (Lipinski definition) is 2. The molecule has 0 aromatic carbocycles. The summed E-state index contributed by atoms with van der Waals surface area (Å²) in [6.07, 6.45) is 2.89. The Hall–Kier alpha value is -1.44. The third-order valence-electron chi connectivity index (χ3n) is 2.72. The molecular formula is C12H15N3O2S2. The van der Waals surface area contributed by atoms with Crippen LogP contribution >= 0.6 is 11.3 Å². The monoisotopic (exact) mass is 297 g/mol. The van der Waals surface area contributed by atoms with Gasteiger partial charge in [-0.05, 0) is 35.4 Å². The van der Waals surface area contributed by atoms with Gasteiger partial charge in [0.15, 0.2) is 0 Å². The van der Waals surface area contributed by atoms with E-state index >= 15 is 0 Å². The van der Waals surface area contributed by atoms with Crippen molar-refractivity contribution in [2.45, 2.75) is 17.9 Å². The lowest BCUT2D eigenvalue weighted by Gasteiger charge is -2.15. The Morgan fingerprint density at radius 3 is 2.79 bits per heavy atom. The average Bonchev–Trinajstić information content (AvgIpc) is 2.92. The number of rotatable bonds is 5. The maximum atomic E-state index is 12.3. The Balaban J connectivity index is 2.28. The van der Waals surface area contributed by atoms with Gasteiger partial charge in [0.2, 0.25) is 10.0 Å². The molecule has 1 atom stereocenters. The van der Waals surface area contributed by atoms with Crippen molar-refractivity contribution in [1.82, 2.24) is 9.71 Å². The van der Waals surface area contributed by atoms with Crippen molar-refractivity contribution in [2.24, 2.45) is 0 Å². The normalized spacial score (nSPS) is 13.2.